The molecule has 0 saturated heterocycles. The van der Waals surface area contributed by atoms with Gasteiger partial charge in [0.1, 0.15) is 5.75 Å². The molecule has 1 aromatic heterocycles. The van der Waals surface area contributed by atoms with Gasteiger partial charge < -0.3 is 15.4 Å². The summed E-state index contributed by atoms with van der Waals surface area (Å²) in [5.41, 5.74) is 2.80. The first-order chi connectivity index (χ1) is 11.1. The molecule has 0 aliphatic heterocycles. The number of aromatic nitrogens is 1. The maximum absolute atomic E-state index is 12.5. The van der Waals surface area contributed by atoms with Gasteiger partial charge in [0.25, 0.3) is 5.91 Å². The fourth-order valence-electron chi connectivity index (χ4n) is 2.23. The second kappa shape index (κ2) is 6.46. The van der Waals surface area contributed by atoms with E-state index < -0.39 is 0 Å². The van der Waals surface area contributed by atoms with E-state index in [1.165, 1.54) is 0 Å². The Morgan fingerprint density at radius 3 is 2.78 bits per heavy atom. The number of pyridine rings is 1. The Bertz CT molecular complexity index is 745. The van der Waals surface area contributed by atoms with Crippen molar-refractivity contribution in [2.45, 2.75) is 25.8 Å². The first-order valence-corrected chi connectivity index (χ1v) is 7.81. The Hall–Kier alpha value is -2.27. The number of carbonyl (C=O) groups excluding carboxylic acids is 1. The minimum atomic E-state index is -0.239. The first-order valence-electron chi connectivity index (χ1n) is 7.44. The van der Waals surface area contributed by atoms with Gasteiger partial charge in [0, 0.05) is 29.5 Å². The van der Waals surface area contributed by atoms with E-state index in [1.807, 2.05) is 6.92 Å². The molecule has 5 nitrogen and oxygen atoms in total. The molecule has 1 fully saturated rings. The number of halogens is 1. The molecule has 6 heteroatoms. The Morgan fingerprint density at radius 1 is 1.30 bits per heavy atom. The second-order valence-electron chi connectivity index (χ2n) is 5.64. The topological polar surface area (TPSA) is 63.2 Å². The van der Waals surface area contributed by atoms with Gasteiger partial charge in [-0.2, -0.15) is 0 Å². The van der Waals surface area contributed by atoms with Crippen LogP contribution < -0.4 is 15.4 Å². The van der Waals surface area contributed by atoms with E-state index in [1.54, 1.807) is 37.7 Å². The van der Waals surface area contributed by atoms with E-state index >= 15 is 0 Å². The summed E-state index contributed by atoms with van der Waals surface area (Å²) in [6.07, 6.45) is 5.60. The van der Waals surface area contributed by atoms with Crippen LogP contribution >= 0.6 is 11.6 Å². The second-order valence-corrected chi connectivity index (χ2v) is 6.04. The van der Waals surface area contributed by atoms with Crippen molar-refractivity contribution in [3.8, 4) is 5.75 Å². The smallest absolute Gasteiger partial charge is 0.257 e. The fourth-order valence-corrected chi connectivity index (χ4v) is 2.38. The molecule has 2 N–H and O–H groups in total. The zero-order valence-electron chi connectivity index (χ0n) is 13.0. The number of hydrogen-bond acceptors (Lipinski definition) is 4. The molecule has 0 unspecified atom stereocenters. The number of ether oxygens (including phenoxy) is 1. The summed E-state index contributed by atoms with van der Waals surface area (Å²) in [4.78, 5) is 16.6. The highest BCUT2D eigenvalue weighted by molar-refractivity contribution is 6.31. The number of nitrogens with zero attached hydrogens (tertiary/aromatic N) is 1. The molecule has 1 aliphatic carbocycles. The van der Waals surface area contributed by atoms with Gasteiger partial charge in [-0.25, -0.2) is 0 Å². The van der Waals surface area contributed by atoms with Gasteiger partial charge >= 0.3 is 0 Å². The van der Waals surface area contributed by atoms with Crippen molar-refractivity contribution in [1.29, 1.82) is 0 Å². The Labute approximate surface area is 140 Å². The Kier molecular flexibility index (Phi) is 4.39. The molecule has 3 rings (SSSR count). The average Bonchev–Trinajstić information content (AvgIpc) is 3.35. The quantitative estimate of drug-likeness (QED) is 0.872. The number of methoxy groups -OCH3 is 1. The number of nitrogens with one attached hydrogen (secondary N) is 2. The van der Waals surface area contributed by atoms with Crippen molar-refractivity contribution in [1.82, 2.24) is 4.98 Å². The molecule has 1 aromatic carbocycles. The van der Waals surface area contributed by atoms with Crippen LogP contribution in [0.4, 0.5) is 11.4 Å². The van der Waals surface area contributed by atoms with Crippen LogP contribution in [0.3, 0.4) is 0 Å². The standard InChI is InChI=1S/C17H18ClN3O2/c1-10-5-15(16(23-2)7-14(10)18)21-17(22)11-6-13(9-19-8-11)20-12-3-4-12/h5-9,12,20H,3-4H2,1-2H3,(H,21,22). The fraction of sp³-hybridized carbons (Fsp3) is 0.294. The summed E-state index contributed by atoms with van der Waals surface area (Å²) in [7, 11) is 1.54. The van der Waals surface area contributed by atoms with Crippen LogP contribution in [0, 0.1) is 6.92 Å². The summed E-state index contributed by atoms with van der Waals surface area (Å²) >= 11 is 6.08. The molecular weight excluding hydrogens is 314 g/mol. The van der Waals surface area contributed by atoms with Crippen molar-refractivity contribution in [2.75, 3.05) is 17.7 Å². The van der Waals surface area contributed by atoms with Gasteiger partial charge in [-0.3, -0.25) is 9.78 Å². The molecular formula is C17H18ClN3O2. The number of rotatable bonds is 5. The van der Waals surface area contributed by atoms with E-state index in [2.05, 4.69) is 15.6 Å². The van der Waals surface area contributed by atoms with E-state index in [-0.39, 0.29) is 5.91 Å². The number of hydrogen-bond donors (Lipinski definition) is 2. The van der Waals surface area contributed by atoms with E-state index in [0.717, 1.165) is 24.1 Å². The number of carbonyl (C=O) groups is 1. The lowest BCUT2D eigenvalue weighted by molar-refractivity contribution is 0.102. The van der Waals surface area contributed by atoms with Crippen LogP contribution in [0.5, 0.6) is 5.75 Å². The molecule has 2 aromatic rings. The third-order valence-electron chi connectivity index (χ3n) is 3.68. The maximum Gasteiger partial charge on any atom is 0.257 e. The molecule has 0 spiro atoms. The molecule has 0 bridgehead atoms. The number of amides is 1. The molecule has 1 heterocycles. The lowest BCUT2D eigenvalue weighted by atomic mass is 10.2. The van der Waals surface area contributed by atoms with E-state index in [9.17, 15) is 4.79 Å². The van der Waals surface area contributed by atoms with E-state index in [0.29, 0.717) is 28.1 Å². The third kappa shape index (κ3) is 3.74. The van der Waals surface area contributed by atoms with Crippen molar-refractivity contribution < 1.29 is 9.53 Å². The van der Waals surface area contributed by atoms with Gasteiger partial charge in [0.05, 0.1) is 24.0 Å². The molecule has 1 amide bonds. The molecule has 120 valence electrons. The summed E-state index contributed by atoms with van der Waals surface area (Å²) < 4.78 is 5.28. The zero-order valence-corrected chi connectivity index (χ0v) is 13.8. The normalized spacial score (nSPS) is 13.5. The van der Waals surface area contributed by atoms with Gasteiger partial charge in [0.15, 0.2) is 0 Å². The Balaban J connectivity index is 1.80. The average molecular weight is 332 g/mol. The molecule has 1 saturated carbocycles. The molecule has 0 atom stereocenters. The summed E-state index contributed by atoms with van der Waals surface area (Å²) in [5, 5.41) is 6.78. The van der Waals surface area contributed by atoms with Crippen LogP contribution in [0.15, 0.2) is 30.6 Å². The van der Waals surface area contributed by atoms with Crippen molar-refractivity contribution in [3.63, 3.8) is 0 Å². The van der Waals surface area contributed by atoms with E-state index in [4.69, 9.17) is 16.3 Å². The monoisotopic (exact) mass is 331 g/mol. The van der Waals surface area contributed by atoms with Crippen LogP contribution in [-0.2, 0) is 0 Å². The van der Waals surface area contributed by atoms with Crippen LogP contribution in [0.1, 0.15) is 28.8 Å². The predicted molar refractivity (Wildman–Crippen MR) is 91.6 cm³/mol. The van der Waals surface area contributed by atoms with Gasteiger partial charge in [0.2, 0.25) is 0 Å². The zero-order chi connectivity index (χ0) is 16.4. The largest absolute Gasteiger partial charge is 0.495 e. The third-order valence-corrected chi connectivity index (χ3v) is 4.08. The number of benzene rings is 1. The van der Waals surface area contributed by atoms with Crippen LogP contribution in [0.25, 0.3) is 0 Å². The first kappa shape index (κ1) is 15.6. The highest BCUT2D eigenvalue weighted by Gasteiger charge is 2.21. The van der Waals surface area contributed by atoms with Crippen LogP contribution in [0.2, 0.25) is 5.02 Å². The molecule has 0 radical (unpaired) electrons. The van der Waals surface area contributed by atoms with Gasteiger partial charge in [-0.15, -0.1) is 0 Å². The number of aryl methyl sites for hydroxylation is 1. The SMILES string of the molecule is COc1cc(Cl)c(C)cc1NC(=O)c1cncc(NC2CC2)c1. The highest BCUT2D eigenvalue weighted by Crippen LogP contribution is 2.31. The lowest BCUT2D eigenvalue weighted by Gasteiger charge is -2.12. The maximum atomic E-state index is 12.5. The van der Waals surface area contributed by atoms with Crippen molar-refractivity contribution in [2.24, 2.45) is 0 Å². The Morgan fingerprint density at radius 2 is 2.09 bits per heavy atom. The highest BCUT2D eigenvalue weighted by atomic mass is 35.5. The minimum absolute atomic E-state index is 0.239. The number of anilines is 2. The molecule has 23 heavy (non-hydrogen) atoms. The van der Waals surface area contributed by atoms with Gasteiger partial charge in [-0.1, -0.05) is 11.6 Å². The lowest BCUT2D eigenvalue weighted by Crippen LogP contribution is -2.14. The summed E-state index contributed by atoms with van der Waals surface area (Å²) in [6, 6.07) is 5.79. The van der Waals surface area contributed by atoms with Crippen LogP contribution in [-0.4, -0.2) is 24.0 Å². The summed E-state index contributed by atoms with van der Waals surface area (Å²) in [5.74, 6) is 0.283. The minimum Gasteiger partial charge on any atom is -0.495 e. The van der Waals surface area contributed by atoms with Gasteiger partial charge in [-0.05, 0) is 37.5 Å². The van der Waals surface area contributed by atoms with Crippen molar-refractivity contribution in [3.05, 3.63) is 46.7 Å². The van der Waals surface area contributed by atoms with Crippen molar-refractivity contribution >= 4 is 28.9 Å². The molecule has 1 aliphatic rings. The predicted octanol–water partition coefficient (Wildman–Crippen LogP) is 3.88. The summed E-state index contributed by atoms with van der Waals surface area (Å²) in [6.45, 7) is 1.87.